The van der Waals surface area contributed by atoms with E-state index >= 15 is 0 Å². The van der Waals surface area contributed by atoms with Crippen LogP contribution in [0.4, 0.5) is 0 Å². The van der Waals surface area contributed by atoms with Gasteiger partial charge in [-0.25, -0.2) is 9.97 Å². The quantitative estimate of drug-likeness (QED) is 0.627. The van der Waals surface area contributed by atoms with Gasteiger partial charge in [0, 0.05) is 17.8 Å². The fourth-order valence-electron chi connectivity index (χ4n) is 5.40. The summed E-state index contributed by atoms with van der Waals surface area (Å²) in [6.07, 6.45) is 11.1. The van der Waals surface area contributed by atoms with Gasteiger partial charge in [-0.15, -0.1) is 0 Å². The number of aromatic nitrogens is 2. The minimum absolute atomic E-state index is 0.00402. The van der Waals surface area contributed by atoms with E-state index in [1.807, 2.05) is 13.0 Å². The highest BCUT2D eigenvalue weighted by Crippen LogP contribution is 2.61. The summed E-state index contributed by atoms with van der Waals surface area (Å²) in [4.78, 5) is 21.6. The average Bonchev–Trinajstić information content (AvgIpc) is 2.46. The Morgan fingerprint density at radius 3 is 2.19 bits per heavy atom. The number of carbonyl (C=O) groups is 1. The van der Waals surface area contributed by atoms with Gasteiger partial charge in [-0.2, -0.15) is 0 Å². The first-order valence-corrected chi connectivity index (χ1v) is 9.00. The molecule has 0 saturated heterocycles. The van der Waals surface area contributed by atoms with Crippen molar-refractivity contribution in [2.75, 3.05) is 0 Å². The number of thioether (sulfide) groups is 1. The van der Waals surface area contributed by atoms with Gasteiger partial charge >= 0.3 is 0 Å². The lowest BCUT2D eigenvalue weighted by molar-refractivity contribution is -0.142. The number of carbonyl (C=O) groups excluding carboxylic acids is 1. The molecule has 4 saturated carbocycles. The molecule has 1 unspecified atom stereocenters. The molecule has 4 bridgehead atoms. The van der Waals surface area contributed by atoms with Crippen LogP contribution in [0.5, 0.6) is 0 Å². The van der Waals surface area contributed by atoms with E-state index in [0.29, 0.717) is 5.78 Å². The highest BCUT2D eigenvalue weighted by Gasteiger charge is 2.55. The summed E-state index contributed by atoms with van der Waals surface area (Å²) in [5.41, 5.74) is -0.00402. The zero-order chi connectivity index (χ0) is 14.4. The molecule has 0 radical (unpaired) electrons. The topological polar surface area (TPSA) is 42.9 Å². The monoisotopic (exact) mass is 302 g/mol. The van der Waals surface area contributed by atoms with E-state index in [1.54, 1.807) is 12.4 Å². The molecular weight excluding hydrogens is 280 g/mol. The molecule has 4 heteroatoms. The van der Waals surface area contributed by atoms with Crippen molar-refractivity contribution in [1.82, 2.24) is 9.97 Å². The van der Waals surface area contributed by atoms with Gasteiger partial charge in [-0.05, 0) is 69.3 Å². The Hall–Kier alpha value is -0.900. The summed E-state index contributed by atoms with van der Waals surface area (Å²) in [5, 5.41) is 0.701. The van der Waals surface area contributed by atoms with Crippen LogP contribution in [0.2, 0.25) is 0 Å². The smallest absolute Gasteiger partial charge is 0.188 e. The lowest BCUT2D eigenvalue weighted by Crippen LogP contribution is -2.51. The standard InChI is InChI=1S/C17H22N2OS/c1-11(21-16-18-3-2-4-19-16)15(20)17-8-12-5-13(9-17)7-14(6-12)10-17/h2-4,11-14H,5-10H2,1H3. The van der Waals surface area contributed by atoms with E-state index in [1.165, 1.54) is 31.0 Å². The van der Waals surface area contributed by atoms with Crippen molar-refractivity contribution >= 4 is 17.5 Å². The van der Waals surface area contributed by atoms with Crippen molar-refractivity contribution in [2.24, 2.45) is 23.2 Å². The van der Waals surface area contributed by atoms with E-state index in [0.717, 1.165) is 42.2 Å². The first-order valence-electron chi connectivity index (χ1n) is 8.13. The Bertz CT molecular complexity index is 510. The van der Waals surface area contributed by atoms with E-state index in [-0.39, 0.29) is 10.7 Å². The minimum atomic E-state index is -0.0244. The summed E-state index contributed by atoms with van der Waals surface area (Å²) in [6, 6.07) is 1.82. The lowest BCUT2D eigenvalue weighted by atomic mass is 9.48. The second-order valence-corrected chi connectivity index (χ2v) is 8.66. The lowest BCUT2D eigenvalue weighted by Gasteiger charge is -2.56. The molecule has 1 aromatic heterocycles. The van der Waals surface area contributed by atoms with Crippen LogP contribution in [0.3, 0.4) is 0 Å². The average molecular weight is 302 g/mol. The predicted molar refractivity (Wildman–Crippen MR) is 83.0 cm³/mol. The largest absolute Gasteiger partial charge is 0.298 e. The predicted octanol–water partition coefficient (Wildman–Crippen LogP) is 3.74. The van der Waals surface area contributed by atoms with Crippen molar-refractivity contribution < 1.29 is 4.79 Å². The molecule has 0 N–H and O–H groups in total. The Morgan fingerprint density at radius 2 is 1.67 bits per heavy atom. The molecule has 4 aliphatic carbocycles. The van der Waals surface area contributed by atoms with Crippen LogP contribution >= 0.6 is 11.8 Å². The Morgan fingerprint density at radius 1 is 1.14 bits per heavy atom. The molecule has 1 aromatic rings. The molecule has 4 fully saturated rings. The molecule has 4 aliphatic rings. The zero-order valence-electron chi connectivity index (χ0n) is 12.5. The molecule has 0 amide bonds. The van der Waals surface area contributed by atoms with E-state index < -0.39 is 0 Å². The molecule has 0 aromatic carbocycles. The maximum atomic E-state index is 13.1. The SMILES string of the molecule is CC(Sc1ncccn1)C(=O)C12CC3CC(CC(C3)C1)C2. The van der Waals surface area contributed by atoms with Crippen LogP contribution in [0, 0.1) is 23.2 Å². The summed E-state index contributed by atoms with van der Waals surface area (Å²) >= 11 is 1.53. The molecule has 5 rings (SSSR count). The Labute approximate surface area is 130 Å². The molecule has 112 valence electrons. The number of Topliss-reactive ketones (excluding diaryl/α,β-unsaturated/α-hetero) is 1. The molecule has 0 spiro atoms. The number of nitrogens with zero attached hydrogens (tertiary/aromatic N) is 2. The normalized spacial score (nSPS) is 38.4. The number of ketones is 1. The van der Waals surface area contributed by atoms with E-state index in [9.17, 15) is 4.79 Å². The van der Waals surface area contributed by atoms with Gasteiger partial charge in [-0.1, -0.05) is 11.8 Å². The van der Waals surface area contributed by atoms with Crippen molar-refractivity contribution in [3.63, 3.8) is 0 Å². The maximum absolute atomic E-state index is 13.1. The number of hydrogen-bond donors (Lipinski definition) is 0. The number of rotatable bonds is 4. The van der Waals surface area contributed by atoms with E-state index in [2.05, 4.69) is 9.97 Å². The molecule has 1 heterocycles. The fourth-order valence-corrected chi connectivity index (χ4v) is 6.32. The third-order valence-corrected chi connectivity index (χ3v) is 6.74. The number of hydrogen-bond acceptors (Lipinski definition) is 4. The first-order chi connectivity index (χ1) is 10.1. The van der Waals surface area contributed by atoms with Gasteiger partial charge in [0.25, 0.3) is 0 Å². The van der Waals surface area contributed by atoms with Crippen LogP contribution in [0.1, 0.15) is 45.4 Å². The molecular formula is C17H22N2OS. The van der Waals surface area contributed by atoms with Crippen LogP contribution in [-0.4, -0.2) is 21.0 Å². The zero-order valence-corrected chi connectivity index (χ0v) is 13.3. The van der Waals surface area contributed by atoms with E-state index in [4.69, 9.17) is 0 Å². The van der Waals surface area contributed by atoms with Crippen molar-refractivity contribution in [2.45, 2.75) is 55.9 Å². The molecule has 1 atom stereocenters. The molecule has 3 nitrogen and oxygen atoms in total. The van der Waals surface area contributed by atoms with Crippen molar-refractivity contribution in [1.29, 1.82) is 0 Å². The third-order valence-electron chi connectivity index (χ3n) is 5.75. The van der Waals surface area contributed by atoms with Gasteiger partial charge in [0.15, 0.2) is 10.9 Å². The van der Waals surface area contributed by atoms with Crippen LogP contribution in [-0.2, 0) is 4.79 Å². The van der Waals surface area contributed by atoms with Gasteiger partial charge in [0.2, 0.25) is 0 Å². The van der Waals surface area contributed by atoms with Crippen LogP contribution < -0.4 is 0 Å². The maximum Gasteiger partial charge on any atom is 0.188 e. The third kappa shape index (κ3) is 2.41. The van der Waals surface area contributed by atoms with Gasteiger partial charge < -0.3 is 0 Å². The van der Waals surface area contributed by atoms with Gasteiger partial charge in [0.1, 0.15) is 0 Å². The highest BCUT2D eigenvalue weighted by molar-refractivity contribution is 8.00. The Kier molecular flexibility index (Phi) is 3.32. The van der Waals surface area contributed by atoms with Gasteiger partial charge in [0.05, 0.1) is 5.25 Å². The van der Waals surface area contributed by atoms with Crippen molar-refractivity contribution in [3.05, 3.63) is 18.5 Å². The second kappa shape index (κ2) is 5.08. The Balaban J connectivity index is 1.51. The fraction of sp³-hybridized carbons (Fsp3) is 0.706. The van der Waals surface area contributed by atoms with Crippen molar-refractivity contribution in [3.8, 4) is 0 Å². The van der Waals surface area contributed by atoms with Crippen LogP contribution in [0.15, 0.2) is 23.6 Å². The van der Waals surface area contributed by atoms with Gasteiger partial charge in [-0.3, -0.25) is 4.79 Å². The van der Waals surface area contributed by atoms with Crippen LogP contribution in [0.25, 0.3) is 0 Å². The second-order valence-electron chi connectivity index (χ2n) is 7.35. The first kappa shape index (κ1) is 13.7. The summed E-state index contributed by atoms with van der Waals surface area (Å²) in [6.45, 7) is 2.04. The molecule has 0 aliphatic heterocycles. The highest BCUT2D eigenvalue weighted by atomic mass is 32.2. The summed E-state index contributed by atoms with van der Waals surface area (Å²) in [5.74, 6) is 2.94. The summed E-state index contributed by atoms with van der Waals surface area (Å²) in [7, 11) is 0. The summed E-state index contributed by atoms with van der Waals surface area (Å²) < 4.78 is 0. The molecule has 21 heavy (non-hydrogen) atoms. The minimum Gasteiger partial charge on any atom is -0.298 e.